The molecule has 8 heteroatoms. The molecule has 3 N–H and O–H groups in total. The highest BCUT2D eigenvalue weighted by molar-refractivity contribution is 6.33. The van der Waals surface area contributed by atoms with E-state index >= 15 is 0 Å². The summed E-state index contributed by atoms with van der Waals surface area (Å²) in [5.74, 6) is 0.427. The number of hydrogen-bond donors (Lipinski definition) is 2. The van der Waals surface area contributed by atoms with Crippen molar-refractivity contribution in [1.29, 1.82) is 0 Å². The maximum atomic E-state index is 12.8. The van der Waals surface area contributed by atoms with Crippen LogP contribution in [0.4, 0.5) is 30.4 Å². The van der Waals surface area contributed by atoms with Crippen molar-refractivity contribution in [3.63, 3.8) is 0 Å². The molecule has 1 aromatic heterocycles. The van der Waals surface area contributed by atoms with Gasteiger partial charge in [0.2, 0.25) is 0 Å². The topological polar surface area (TPSA) is 55.9 Å². The Bertz CT molecular complexity index is 664. The van der Waals surface area contributed by atoms with Crippen molar-refractivity contribution in [1.82, 2.24) is 9.78 Å². The van der Waals surface area contributed by atoms with Crippen LogP contribution in [-0.4, -0.2) is 9.78 Å². The number of nitrogens with two attached hydrogens (primary N) is 1. The maximum absolute atomic E-state index is 12.8. The van der Waals surface area contributed by atoms with Crippen LogP contribution in [0.1, 0.15) is 18.2 Å². The highest BCUT2D eigenvalue weighted by Crippen LogP contribution is 2.36. The monoisotopic (exact) mass is 318 g/mol. The van der Waals surface area contributed by atoms with Crippen LogP contribution >= 0.6 is 11.6 Å². The summed E-state index contributed by atoms with van der Waals surface area (Å²) < 4.78 is 39.8. The number of nitrogens with zero attached hydrogens (tertiary/aromatic N) is 2. The van der Waals surface area contributed by atoms with Gasteiger partial charge in [0.1, 0.15) is 0 Å². The number of anilines is 3. The summed E-state index contributed by atoms with van der Waals surface area (Å²) in [5.41, 5.74) is 6.22. The Morgan fingerprint density at radius 3 is 2.62 bits per heavy atom. The lowest BCUT2D eigenvalue weighted by atomic mass is 10.2. The fourth-order valence-electron chi connectivity index (χ4n) is 1.88. The van der Waals surface area contributed by atoms with Crippen molar-refractivity contribution in [2.75, 3.05) is 11.1 Å². The van der Waals surface area contributed by atoms with Crippen molar-refractivity contribution in [3.8, 4) is 0 Å². The fraction of sp³-hybridized carbons (Fsp3) is 0.308. The van der Waals surface area contributed by atoms with Gasteiger partial charge in [-0.1, -0.05) is 11.6 Å². The second-order valence-electron chi connectivity index (χ2n) is 4.48. The van der Waals surface area contributed by atoms with Gasteiger partial charge in [0, 0.05) is 6.54 Å². The van der Waals surface area contributed by atoms with Gasteiger partial charge in [-0.05, 0) is 32.0 Å². The molecular formula is C13H14ClF3N4. The molecule has 1 aromatic carbocycles. The molecular weight excluding hydrogens is 305 g/mol. The molecule has 1 heterocycles. The van der Waals surface area contributed by atoms with Crippen LogP contribution in [0.25, 0.3) is 0 Å². The lowest BCUT2D eigenvalue weighted by Gasteiger charge is -2.13. The van der Waals surface area contributed by atoms with Crippen LogP contribution < -0.4 is 11.1 Å². The zero-order chi connectivity index (χ0) is 15.8. The molecule has 0 saturated carbocycles. The minimum Gasteiger partial charge on any atom is -0.394 e. The van der Waals surface area contributed by atoms with E-state index in [1.165, 1.54) is 6.07 Å². The van der Waals surface area contributed by atoms with Gasteiger partial charge in [-0.3, -0.25) is 0 Å². The molecule has 114 valence electrons. The molecule has 0 aliphatic heterocycles. The number of benzene rings is 1. The average molecular weight is 319 g/mol. The van der Waals surface area contributed by atoms with Crippen molar-refractivity contribution in [3.05, 3.63) is 34.5 Å². The SMILES string of the molecule is CCn1nc(C)c(N)c1Nc1cc(C(F)(F)F)ccc1Cl. The number of halogens is 4. The first kappa shape index (κ1) is 15.5. The van der Waals surface area contributed by atoms with E-state index in [4.69, 9.17) is 17.3 Å². The van der Waals surface area contributed by atoms with Gasteiger partial charge in [0.25, 0.3) is 0 Å². The van der Waals surface area contributed by atoms with Crippen molar-refractivity contribution in [2.24, 2.45) is 0 Å². The van der Waals surface area contributed by atoms with Gasteiger partial charge in [0.05, 0.1) is 27.7 Å². The quantitative estimate of drug-likeness (QED) is 0.891. The molecule has 0 bridgehead atoms. The molecule has 0 aliphatic carbocycles. The molecule has 0 fully saturated rings. The molecule has 0 radical (unpaired) electrons. The third-order valence-electron chi connectivity index (χ3n) is 3.02. The highest BCUT2D eigenvalue weighted by atomic mass is 35.5. The number of nitrogen functional groups attached to an aromatic ring is 1. The molecule has 0 unspecified atom stereocenters. The average Bonchev–Trinajstić information content (AvgIpc) is 2.67. The smallest absolute Gasteiger partial charge is 0.394 e. The Balaban J connectivity index is 2.44. The van der Waals surface area contributed by atoms with Gasteiger partial charge in [0.15, 0.2) is 5.82 Å². The summed E-state index contributed by atoms with van der Waals surface area (Å²) in [5, 5.41) is 7.20. The summed E-state index contributed by atoms with van der Waals surface area (Å²) in [6.07, 6.45) is -4.44. The van der Waals surface area contributed by atoms with Crippen LogP contribution in [0.15, 0.2) is 18.2 Å². The zero-order valence-electron chi connectivity index (χ0n) is 11.4. The van der Waals surface area contributed by atoms with Crippen LogP contribution in [0.3, 0.4) is 0 Å². The number of aromatic nitrogens is 2. The minimum absolute atomic E-state index is 0.132. The number of hydrogen-bond acceptors (Lipinski definition) is 3. The number of rotatable bonds is 3. The second-order valence-corrected chi connectivity index (χ2v) is 4.89. The summed E-state index contributed by atoms with van der Waals surface area (Å²) in [4.78, 5) is 0. The fourth-order valence-corrected chi connectivity index (χ4v) is 2.05. The molecule has 0 amide bonds. The van der Waals surface area contributed by atoms with Crippen LogP contribution in [0, 0.1) is 6.92 Å². The standard InChI is InChI=1S/C13H14ClF3N4/c1-3-21-12(11(18)7(2)20-21)19-10-6-8(13(15,16)17)4-5-9(10)14/h4-6,19H,3,18H2,1-2H3. The first-order valence-corrected chi connectivity index (χ1v) is 6.58. The van der Waals surface area contributed by atoms with E-state index in [9.17, 15) is 13.2 Å². The third kappa shape index (κ3) is 3.07. The predicted octanol–water partition coefficient (Wildman–Crippen LogP) is 4.21. The highest BCUT2D eigenvalue weighted by Gasteiger charge is 2.31. The summed E-state index contributed by atoms with van der Waals surface area (Å²) in [6, 6.07) is 3.08. The van der Waals surface area contributed by atoms with E-state index in [0.29, 0.717) is 23.7 Å². The summed E-state index contributed by atoms with van der Waals surface area (Å²) >= 11 is 5.95. The molecule has 0 aliphatic rings. The molecule has 4 nitrogen and oxygen atoms in total. The lowest BCUT2D eigenvalue weighted by molar-refractivity contribution is -0.137. The molecule has 2 rings (SSSR count). The van der Waals surface area contributed by atoms with E-state index in [0.717, 1.165) is 12.1 Å². The Morgan fingerprint density at radius 2 is 2.05 bits per heavy atom. The normalized spacial score (nSPS) is 11.7. The van der Waals surface area contributed by atoms with Crippen LogP contribution in [0.2, 0.25) is 5.02 Å². The van der Waals surface area contributed by atoms with E-state index in [1.807, 2.05) is 6.92 Å². The second kappa shape index (κ2) is 5.48. The van der Waals surface area contributed by atoms with Crippen molar-refractivity contribution < 1.29 is 13.2 Å². The molecule has 0 saturated heterocycles. The van der Waals surface area contributed by atoms with Crippen molar-refractivity contribution >= 4 is 28.8 Å². The molecule has 0 spiro atoms. The van der Waals surface area contributed by atoms with E-state index in [1.54, 1.807) is 11.6 Å². The van der Waals surface area contributed by atoms with E-state index in [2.05, 4.69) is 10.4 Å². The van der Waals surface area contributed by atoms with E-state index in [-0.39, 0.29) is 10.7 Å². The number of alkyl halides is 3. The van der Waals surface area contributed by atoms with Crippen molar-refractivity contribution in [2.45, 2.75) is 26.6 Å². The summed E-state index contributed by atoms with van der Waals surface area (Å²) in [7, 11) is 0. The first-order valence-electron chi connectivity index (χ1n) is 6.20. The van der Waals surface area contributed by atoms with Gasteiger partial charge < -0.3 is 11.1 Å². The lowest BCUT2D eigenvalue weighted by Crippen LogP contribution is -2.08. The minimum atomic E-state index is -4.44. The summed E-state index contributed by atoms with van der Waals surface area (Å²) in [6.45, 7) is 4.10. The zero-order valence-corrected chi connectivity index (χ0v) is 12.2. The van der Waals surface area contributed by atoms with Crippen LogP contribution in [-0.2, 0) is 12.7 Å². The predicted molar refractivity (Wildman–Crippen MR) is 76.8 cm³/mol. The first-order chi connectivity index (χ1) is 9.74. The Hall–Kier alpha value is -1.89. The molecule has 0 atom stereocenters. The van der Waals surface area contributed by atoms with Gasteiger partial charge in [-0.15, -0.1) is 0 Å². The number of aryl methyl sites for hydroxylation is 2. The van der Waals surface area contributed by atoms with Gasteiger partial charge in [-0.25, -0.2) is 4.68 Å². The Morgan fingerprint density at radius 1 is 1.38 bits per heavy atom. The Kier molecular flexibility index (Phi) is 4.04. The Labute approximate surface area is 124 Å². The molecule has 2 aromatic rings. The van der Waals surface area contributed by atoms with Gasteiger partial charge in [-0.2, -0.15) is 18.3 Å². The maximum Gasteiger partial charge on any atom is 0.416 e. The van der Waals surface area contributed by atoms with Crippen LogP contribution in [0.5, 0.6) is 0 Å². The molecule has 21 heavy (non-hydrogen) atoms. The van der Waals surface area contributed by atoms with Gasteiger partial charge >= 0.3 is 6.18 Å². The number of nitrogens with one attached hydrogen (secondary N) is 1. The van der Waals surface area contributed by atoms with E-state index < -0.39 is 11.7 Å². The third-order valence-corrected chi connectivity index (χ3v) is 3.35. The largest absolute Gasteiger partial charge is 0.416 e.